The molecule has 3 atom stereocenters. The number of aldehydes is 1. The van der Waals surface area contributed by atoms with Crippen molar-refractivity contribution in [2.24, 2.45) is 0 Å². The topological polar surface area (TPSA) is 125 Å². The lowest BCUT2D eigenvalue weighted by Crippen LogP contribution is -2.75. The third-order valence-electron chi connectivity index (χ3n) is 6.35. The molecule has 0 aliphatic carbocycles. The van der Waals surface area contributed by atoms with E-state index in [-0.39, 0.29) is 23.6 Å². The van der Waals surface area contributed by atoms with Crippen LogP contribution in [0.15, 0.2) is 102 Å². The highest BCUT2D eigenvalue weighted by molar-refractivity contribution is 7.92. The quantitative estimate of drug-likeness (QED) is 0.190. The van der Waals surface area contributed by atoms with Gasteiger partial charge < -0.3 is 19.3 Å². The zero-order chi connectivity index (χ0) is 27.4. The number of para-hydroxylation sites is 1. The smallest absolute Gasteiger partial charge is 0.356 e. The van der Waals surface area contributed by atoms with Crippen molar-refractivity contribution in [1.82, 2.24) is 10.2 Å². The number of hydrogen-bond donors (Lipinski definition) is 1. The fourth-order valence-electron chi connectivity index (χ4n) is 4.51. The maximum atomic E-state index is 13.5. The molecule has 10 heteroatoms. The molecule has 0 saturated carbocycles. The first-order valence-corrected chi connectivity index (χ1v) is 13.5. The summed E-state index contributed by atoms with van der Waals surface area (Å²) < 4.78 is 24.3. The molecule has 2 unspecified atom stereocenters. The van der Waals surface area contributed by atoms with Gasteiger partial charge in [0.1, 0.15) is 17.2 Å². The van der Waals surface area contributed by atoms with Gasteiger partial charge in [-0.1, -0.05) is 78.9 Å². The molecule has 0 bridgehead atoms. The lowest BCUT2D eigenvalue weighted by Gasteiger charge is -2.48. The summed E-state index contributed by atoms with van der Waals surface area (Å²) in [5.41, 5.74) is 1.03. The average molecular weight is 545 g/mol. The minimum Gasteiger partial charge on any atom is -0.614 e. The van der Waals surface area contributed by atoms with E-state index < -0.39 is 46.5 Å². The number of fused-ring (bicyclic) bond motifs is 1. The number of esters is 1. The minimum absolute atomic E-state index is 0.0972. The van der Waals surface area contributed by atoms with Crippen LogP contribution in [0.5, 0.6) is 5.75 Å². The van der Waals surface area contributed by atoms with E-state index in [9.17, 15) is 23.7 Å². The van der Waals surface area contributed by atoms with Crippen LogP contribution in [-0.4, -0.2) is 57.3 Å². The maximum absolute atomic E-state index is 13.5. The van der Waals surface area contributed by atoms with Crippen molar-refractivity contribution in [3.05, 3.63) is 113 Å². The lowest BCUT2D eigenvalue weighted by molar-refractivity contribution is -0.155. The summed E-state index contributed by atoms with van der Waals surface area (Å²) in [7, 11) is 0. The molecule has 1 fully saturated rings. The van der Waals surface area contributed by atoms with Gasteiger partial charge in [-0.15, -0.1) is 0 Å². The summed E-state index contributed by atoms with van der Waals surface area (Å²) in [4.78, 5) is 52.0. The van der Waals surface area contributed by atoms with Crippen molar-refractivity contribution >= 4 is 35.2 Å². The van der Waals surface area contributed by atoms with Gasteiger partial charge in [-0.3, -0.25) is 19.3 Å². The molecule has 0 radical (unpaired) electrons. The van der Waals surface area contributed by atoms with E-state index in [1.165, 1.54) is 0 Å². The van der Waals surface area contributed by atoms with Gasteiger partial charge in [0, 0.05) is 0 Å². The Balaban J connectivity index is 1.34. The number of ether oxygens (including phenoxy) is 2. The van der Waals surface area contributed by atoms with Crippen LogP contribution in [0.4, 0.5) is 0 Å². The summed E-state index contributed by atoms with van der Waals surface area (Å²) in [6.07, 6.45) is -0.398. The van der Waals surface area contributed by atoms with Crippen LogP contribution in [0.2, 0.25) is 0 Å². The van der Waals surface area contributed by atoms with Gasteiger partial charge in [-0.25, -0.2) is 4.79 Å². The predicted octanol–water partition coefficient (Wildman–Crippen LogP) is 2.27. The normalized spacial score (nSPS) is 20.1. The van der Waals surface area contributed by atoms with Gasteiger partial charge in [0.2, 0.25) is 5.37 Å². The highest BCUT2D eigenvalue weighted by atomic mass is 32.2. The molecule has 198 valence electrons. The largest absolute Gasteiger partial charge is 0.614 e. The van der Waals surface area contributed by atoms with Crippen molar-refractivity contribution in [1.29, 1.82) is 0 Å². The number of nitrogens with zero attached hydrogens (tertiary/aromatic N) is 1. The number of hydrogen-bond acceptors (Lipinski definition) is 7. The standard InChI is InChI=1S/C29H24N2O7S/c32-16-21-18-39(36)28-24(30-23(33)17-37-22-14-8-3-9-15-22)27(34)31(28)25(21)29(35)38-26(19-10-4-1-5-11-19)20-12-6-2-7-13-20/h1-16,24,26,28H,17-18H2,(H,30,33)/t24?,28-,39?/m0/s1. The van der Waals surface area contributed by atoms with Crippen molar-refractivity contribution in [2.45, 2.75) is 17.5 Å². The van der Waals surface area contributed by atoms with Gasteiger partial charge in [0.05, 0.1) is 5.57 Å². The molecular formula is C29H24N2O7S. The molecule has 3 aromatic carbocycles. The lowest BCUT2D eigenvalue weighted by atomic mass is 10.0. The molecular weight excluding hydrogens is 520 g/mol. The molecule has 2 aliphatic heterocycles. The zero-order valence-corrected chi connectivity index (χ0v) is 21.4. The van der Waals surface area contributed by atoms with E-state index in [1.54, 1.807) is 54.6 Å². The first-order valence-electron chi connectivity index (χ1n) is 12.1. The Kier molecular flexibility index (Phi) is 7.76. The van der Waals surface area contributed by atoms with E-state index in [2.05, 4.69) is 5.32 Å². The summed E-state index contributed by atoms with van der Waals surface area (Å²) in [6.45, 7) is -0.354. The third-order valence-corrected chi connectivity index (χ3v) is 7.97. The number of benzene rings is 3. The number of nitrogens with one attached hydrogen (secondary N) is 1. The van der Waals surface area contributed by atoms with Gasteiger partial charge in [0.15, 0.2) is 25.0 Å². The molecule has 0 aromatic heterocycles. The Morgan fingerprint density at radius 3 is 2.10 bits per heavy atom. The van der Waals surface area contributed by atoms with Crippen LogP contribution in [-0.2, 0) is 35.1 Å². The van der Waals surface area contributed by atoms with Crippen LogP contribution < -0.4 is 10.1 Å². The second-order valence-electron chi connectivity index (χ2n) is 8.87. The fourth-order valence-corrected chi connectivity index (χ4v) is 6.13. The van der Waals surface area contributed by atoms with Crippen molar-refractivity contribution in [2.75, 3.05) is 12.4 Å². The van der Waals surface area contributed by atoms with Gasteiger partial charge in [-0.2, -0.15) is 0 Å². The van der Waals surface area contributed by atoms with Crippen LogP contribution in [0.1, 0.15) is 17.2 Å². The molecule has 9 nitrogen and oxygen atoms in total. The second kappa shape index (κ2) is 11.5. The number of rotatable bonds is 9. The first kappa shape index (κ1) is 26.2. The van der Waals surface area contributed by atoms with E-state index >= 15 is 0 Å². The van der Waals surface area contributed by atoms with Crippen LogP contribution in [0.3, 0.4) is 0 Å². The fraction of sp³-hybridized carbons (Fsp3) is 0.172. The van der Waals surface area contributed by atoms with Crippen LogP contribution in [0.25, 0.3) is 0 Å². The van der Waals surface area contributed by atoms with Gasteiger partial charge in [0.25, 0.3) is 11.8 Å². The highest BCUT2D eigenvalue weighted by Gasteiger charge is 2.61. The minimum atomic E-state index is -1.73. The summed E-state index contributed by atoms with van der Waals surface area (Å²) in [6, 6.07) is 25.7. The predicted molar refractivity (Wildman–Crippen MR) is 141 cm³/mol. The van der Waals surface area contributed by atoms with E-state index in [1.807, 2.05) is 36.4 Å². The summed E-state index contributed by atoms with van der Waals surface area (Å²) in [5, 5.41) is 1.52. The van der Waals surface area contributed by atoms with Gasteiger partial charge in [-0.05, 0) is 34.4 Å². The van der Waals surface area contributed by atoms with Crippen molar-refractivity contribution in [3.8, 4) is 5.75 Å². The van der Waals surface area contributed by atoms with E-state index in [0.717, 1.165) is 4.90 Å². The molecule has 2 heterocycles. The van der Waals surface area contributed by atoms with Crippen molar-refractivity contribution in [3.63, 3.8) is 0 Å². The molecule has 0 spiro atoms. The molecule has 39 heavy (non-hydrogen) atoms. The van der Waals surface area contributed by atoms with Crippen LogP contribution in [0, 0.1) is 0 Å². The number of carbonyl (C=O) groups is 4. The van der Waals surface area contributed by atoms with Crippen molar-refractivity contribution < 1.29 is 33.2 Å². The SMILES string of the molecule is O=CC1=C(C(=O)OC(c2ccccc2)c2ccccc2)N2C(=O)C(NC(=O)COc3ccccc3)[C@@H]2[S+]([O-])C1. The average Bonchev–Trinajstić information content (AvgIpc) is 2.98. The Bertz CT molecular complexity index is 1360. The second-order valence-corrected chi connectivity index (χ2v) is 10.4. The molecule has 3 aromatic rings. The molecule has 5 rings (SSSR count). The Morgan fingerprint density at radius 2 is 1.54 bits per heavy atom. The monoisotopic (exact) mass is 544 g/mol. The first-order chi connectivity index (χ1) is 19.0. The van der Waals surface area contributed by atoms with Gasteiger partial charge >= 0.3 is 5.97 Å². The number of amides is 2. The van der Waals surface area contributed by atoms with E-state index in [4.69, 9.17) is 9.47 Å². The Hall–Kier alpha value is -4.41. The molecule has 2 amide bonds. The highest BCUT2D eigenvalue weighted by Crippen LogP contribution is 2.38. The summed E-state index contributed by atoms with van der Waals surface area (Å²) in [5.74, 6) is -1.93. The Morgan fingerprint density at radius 1 is 0.974 bits per heavy atom. The molecule has 2 aliphatic rings. The molecule has 1 saturated heterocycles. The van der Waals surface area contributed by atoms with E-state index in [0.29, 0.717) is 23.2 Å². The van der Waals surface area contributed by atoms with Crippen LogP contribution >= 0.6 is 0 Å². The maximum Gasteiger partial charge on any atom is 0.356 e. The molecule has 1 N–H and O–H groups in total. The zero-order valence-electron chi connectivity index (χ0n) is 20.6. The third kappa shape index (κ3) is 5.43. The summed E-state index contributed by atoms with van der Waals surface area (Å²) >= 11 is -1.73. The number of β-lactam (4-membered cyclic amide) rings is 1. The number of carbonyl (C=O) groups excluding carboxylic acids is 4. The Labute approximate surface area is 227 Å².